The predicted octanol–water partition coefficient (Wildman–Crippen LogP) is 2.83. The lowest BCUT2D eigenvalue weighted by molar-refractivity contribution is -0.00000248. The molecule has 1 fully saturated rings. The summed E-state index contributed by atoms with van der Waals surface area (Å²) in [5, 5.41) is 3.59. The minimum absolute atomic E-state index is 0.249. The van der Waals surface area contributed by atoms with Gasteiger partial charge in [0.15, 0.2) is 0 Å². The monoisotopic (exact) mass is 213 g/mol. The Bertz CT molecular complexity index is 183. The average molecular weight is 213 g/mol. The van der Waals surface area contributed by atoms with Gasteiger partial charge in [0, 0.05) is 5.54 Å². The van der Waals surface area contributed by atoms with Gasteiger partial charge in [0.2, 0.25) is 0 Å². The van der Waals surface area contributed by atoms with Crippen molar-refractivity contribution in [2.45, 2.75) is 59.1 Å². The predicted molar refractivity (Wildman–Crippen MR) is 65.1 cm³/mol. The largest absolute Gasteiger partial charge is 0.378 e. The number of hydrogen-bond acceptors (Lipinski definition) is 2. The van der Waals surface area contributed by atoms with Crippen LogP contribution in [0, 0.1) is 11.8 Å². The molecule has 15 heavy (non-hydrogen) atoms. The lowest BCUT2D eigenvalue weighted by Crippen LogP contribution is -2.44. The summed E-state index contributed by atoms with van der Waals surface area (Å²) in [5.41, 5.74) is 0.249. The van der Waals surface area contributed by atoms with Crippen molar-refractivity contribution < 1.29 is 4.74 Å². The second-order valence-electron chi connectivity index (χ2n) is 6.11. The SMILES string of the molecule is CC(C)OCC1CCC1CNC(C)(C)C. The molecule has 2 heteroatoms. The maximum absolute atomic E-state index is 5.68. The van der Waals surface area contributed by atoms with E-state index < -0.39 is 0 Å². The summed E-state index contributed by atoms with van der Waals surface area (Å²) in [4.78, 5) is 0. The van der Waals surface area contributed by atoms with Crippen LogP contribution in [0.2, 0.25) is 0 Å². The molecule has 0 bridgehead atoms. The second kappa shape index (κ2) is 5.31. The lowest BCUT2D eigenvalue weighted by Gasteiger charge is -2.38. The molecule has 1 rings (SSSR count). The van der Waals surface area contributed by atoms with Crippen molar-refractivity contribution in [3.63, 3.8) is 0 Å². The zero-order chi connectivity index (χ0) is 11.5. The Balaban J connectivity index is 2.15. The van der Waals surface area contributed by atoms with Crippen LogP contribution in [0.25, 0.3) is 0 Å². The van der Waals surface area contributed by atoms with Crippen LogP contribution in [-0.4, -0.2) is 24.8 Å². The molecule has 2 atom stereocenters. The van der Waals surface area contributed by atoms with Crippen molar-refractivity contribution in [1.82, 2.24) is 5.32 Å². The second-order valence-corrected chi connectivity index (χ2v) is 6.11. The van der Waals surface area contributed by atoms with Crippen LogP contribution in [0.4, 0.5) is 0 Å². The molecule has 0 aromatic carbocycles. The standard InChI is InChI=1S/C13H27NO/c1-10(2)15-9-12-7-6-11(12)8-14-13(3,4)5/h10-12,14H,6-9H2,1-5H3. The van der Waals surface area contributed by atoms with Gasteiger partial charge in [-0.05, 0) is 65.8 Å². The van der Waals surface area contributed by atoms with Crippen molar-refractivity contribution in [2.24, 2.45) is 11.8 Å². The highest BCUT2D eigenvalue weighted by atomic mass is 16.5. The highest BCUT2D eigenvalue weighted by Gasteiger charge is 2.31. The van der Waals surface area contributed by atoms with E-state index in [1.807, 2.05) is 0 Å². The van der Waals surface area contributed by atoms with E-state index >= 15 is 0 Å². The van der Waals surface area contributed by atoms with Crippen LogP contribution >= 0.6 is 0 Å². The number of rotatable bonds is 5. The molecule has 2 unspecified atom stereocenters. The van der Waals surface area contributed by atoms with Crippen LogP contribution in [0.3, 0.4) is 0 Å². The van der Waals surface area contributed by atoms with Crippen LogP contribution in [0.5, 0.6) is 0 Å². The molecular weight excluding hydrogens is 186 g/mol. The molecule has 0 aliphatic heterocycles. The molecule has 0 amide bonds. The lowest BCUT2D eigenvalue weighted by atomic mass is 9.74. The Morgan fingerprint density at radius 2 is 1.80 bits per heavy atom. The summed E-state index contributed by atoms with van der Waals surface area (Å²) in [6.45, 7) is 13.0. The molecular formula is C13H27NO. The van der Waals surface area contributed by atoms with E-state index in [0.717, 1.165) is 25.0 Å². The first-order chi connectivity index (χ1) is 6.88. The summed E-state index contributed by atoms with van der Waals surface area (Å²) >= 11 is 0. The fraction of sp³-hybridized carbons (Fsp3) is 1.00. The first-order valence-corrected chi connectivity index (χ1v) is 6.25. The summed E-state index contributed by atoms with van der Waals surface area (Å²) in [6, 6.07) is 0. The van der Waals surface area contributed by atoms with Crippen molar-refractivity contribution in [1.29, 1.82) is 0 Å². The molecule has 0 aromatic heterocycles. The fourth-order valence-electron chi connectivity index (χ4n) is 1.88. The van der Waals surface area contributed by atoms with E-state index in [1.165, 1.54) is 12.8 Å². The van der Waals surface area contributed by atoms with Gasteiger partial charge in [-0.2, -0.15) is 0 Å². The van der Waals surface area contributed by atoms with Gasteiger partial charge in [-0.15, -0.1) is 0 Å². The fourth-order valence-corrected chi connectivity index (χ4v) is 1.88. The molecule has 1 saturated carbocycles. The highest BCUT2D eigenvalue weighted by molar-refractivity contribution is 4.84. The Hall–Kier alpha value is -0.0800. The zero-order valence-electron chi connectivity index (χ0n) is 11.0. The zero-order valence-corrected chi connectivity index (χ0v) is 11.0. The number of hydrogen-bond donors (Lipinski definition) is 1. The Labute approximate surface area is 94.8 Å². The van der Waals surface area contributed by atoms with E-state index in [0.29, 0.717) is 6.10 Å². The number of nitrogens with one attached hydrogen (secondary N) is 1. The smallest absolute Gasteiger partial charge is 0.0519 e. The maximum Gasteiger partial charge on any atom is 0.0519 e. The summed E-state index contributed by atoms with van der Waals surface area (Å²) in [6.07, 6.45) is 3.10. The van der Waals surface area contributed by atoms with Gasteiger partial charge < -0.3 is 10.1 Å². The first-order valence-electron chi connectivity index (χ1n) is 6.25. The summed E-state index contributed by atoms with van der Waals surface area (Å²) < 4.78 is 5.68. The molecule has 0 radical (unpaired) electrons. The molecule has 2 nitrogen and oxygen atoms in total. The van der Waals surface area contributed by atoms with Crippen LogP contribution in [-0.2, 0) is 4.74 Å². The van der Waals surface area contributed by atoms with Gasteiger partial charge >= 0.3 is 0 Å². The minimum Gasteiger partial charge on any atom is -0.378 e. The van der Waals surface area contributed by atoms with E-state index in [1.54, 1.807) is 0 Å². The quantitative estimate of drug-likeness (QED) is 0.758. The molecule has 90 valence electrons. The molecule has 0 saturated heterocycles. The van der Waals surface area contributed by atoms with Crippen molar-refractivity contribution >= 4 is 0 Å². The Morgan fingerprint density at radius 1 is 1.20 bits per heavy atom. The van der Waals surface area contributed by atoms with Gasteiger partial charge in [-0.25, -0.2) is 0 Å². The molecule has 0 heterocycles. The Kier molecular flexibility index (Phi) is 4.60. The number of ether oxygens (including phenoxy) is 1. The third kappa shape index (κ3) is 4.98. The minimum atomic E-state index is 0.249. The maximum atomic E-state index is 5.68. The Morgan fingerprint density at radius 3 is 2.20 bits per heavy atom. The van der Waals surface area contributed by atoms with Gasteiger partial charge in [0.25, 0.3) is 0 Å². The molecule has 0 aromatic rings. The third-order valence-electron chi connectivity index (χ3n) is 3.11. The first kappa shape index (κ1) is 13.0. The molecule has 1 aliphatic rings. The molecule has 0 spiro atoms. The summed E-state index contributed by atoms with van der Waals surface area (Å²) in [7, 11) is 0. The van der Waals surface area contributed by atoms with E-state index in [-0.39, 0.29) is 5.54 Å². The summed E-state index contributed by atoms with van der Waals surface area (Å²) in [5.74, 6) is 1.63. The van der Waals surface area contributed by atoms with E-state index in [4.69, 9.17) is 4.74 Å². The van der Waals surface area contributed by atoms with Gasteiger partial charge in [-0.3, -0.25) is 0 Å². The van der Waals surface area contributed by atoms with Gasteiger partial charge in [-0.1, -0.05) is 0 Å². The third-order valence-corrected chi connectivity index (χ3v) is 3.11. The average Bonchev–Trinajstić information content (AvgIpc) is 1.99. The van der Waals surface area contributed by atoms with Crippen LogP contribution in [0.15, 0.2) is 0 Å². The van der Waals surface area contributed by atoms with Crippen LogP contribution in [0.1, 0.15) is 47.5 Å². The van der Waals surface area contributed by atoms with Crippen molar-refractivity contribution in [3.8, 4) is 0 Å². The van der Waals surface area contributed by atoms with E-state index in [9.17, 15) is 0 Å². The van der Waals surface area contributed by atoms with Gasteiger partial charge in [0.05, 0.1) is 12.7 Å². The topological polar surface area (TPSA) is 21.3 Å². The molecule has 1 N–H and O–H groups in total. The van der Waals surface area contributed by atoms with Crippen molar-refractivity contribution in [3.05, 3.63) is 0 Å². The normalized spacial score (nSPS) is 26.8. The van der Waals surface area contributed by atoms with Crippen LogP contribution < -0.4 is 5.32 Å². The molecule has 1 aliphatic carbocycles. The van der Waals surface area contributed by atoms with Crippen molar-refractivity contribution in [2.75, 3.05) is 13.2 Å². The highest BCUT2D eigenvalue weighted by Crippen LogP contribution is 2.34. The van der Waals surface area contributed by atoms with E-state index in [2.05, 4.69) is 39.9 Å². The van der Waals surface area contributed by atoms with Gasteiger partial charge in [0.1, 0.15) is 0 Å².